The lowest BCUT2D eigenvalue weighted by molar-refractivity contribution is -0.143. The van der Waals surface area contributed by atoms with Gasteiger partial charge in [-0.2, -0.15) is 0 Å². The molecule has 0 bridgehead atoms. The number of hydrogen-bond acceptors (Lipinski definition) is 3. The molecule has 0 aliphatic carbocycles. The predicted octanol–water partition coefficient (Wildman–Crippen LogP) is 2.50. The lowest BCUT2D eigenvalue weighted by atomic mass is 10.0. The highest BCUT2D eigenvalue weighted by Gasteiger charge is 2.24. The van der Waals surface area contributed by atoms with Crippen LogP contribution in [0.4, 0.5) is 0 Å². The summed E-state index contributed by atoms with van der Waals surface area (Å²) in [7, 11) is 3.17. The summed E-state index contributed by atoms with van der Waals surface area (Å²) in [6, 6.07) is 8.97. The van der Waals surface area contributed by atoms with Gasteiger partial charge in [-0.1, -0.05) is 32.0 Å². The zero-order valence-electron chi connectivity index (χ0n) is 13.4. The van der Waals surface area contributed by atoms with Crippen LogP contribution in [0.1, 0.15) is 30.8 Å². The minimum Gasteiger partial charge on any atom is -0.467 e. The number of fused-ring (bicyclic) bond motifs is 1. The van der Waals surface area contributed by atoms with Crippen LogP contribution >= 0.6 is 0 Å². The van der Waals surface area contributed by atoms with E-state index in [0.717, 1.165) is 10.9 Å². The Morgan fingerprint density at radius 1 is 1.27 bits per heavy atom. The highest BCUT2D eigenvalue weighted by Crippen LogP contribution is 2.18. The molecule has 2 rings (SSSR count). The second kappa shape index (κ2) is 6.64. The average molecular weight is 302 g/mol. The van der Waals surface area contributed by atoms with E-state index in [0.29, 0.717) is 12.1 Å². The molecule has 1 N–H and O–H groups in total. The number of aryl methyl sites for hydroxylation is 1. The third-order valence-electron chi connectivity index (χ3n) is 3.68. The van der Waals surface area contributed by atoms with Crippen LogP contribution in [0.3, 0.4) is 0 Å². The molecule has 1 aromatic heterocycles. The van der Waals surface area contributed by atoms with Gasteiger partial charge in [-0.05, 0) is 24.5 Å². The second-order valence-electron chi connectivity index (χ2n) is 5.83. The number of amides is 1. The van der Waals surface area contributed by atoms with Crippen LogP contribution in [-0.4, -0.2) is 29.6 Å². The monoisotopic (exact) mass is 302 g/mol. The SMILES string of the molecule is COC(=O)C(CC(C)C)NC(=O)c1cc2ccccc2n1C. The van der Waals surface area contributed by atoms with Crippen LogP contribution in [0.2, 0.25) is 0 Å². The summed E-state index contributed by atoms with van der Waals surface area (Å²) in [4.78, 5) is 24.3. The highest BCUT2D eigenvalue weighted by atomic mass is 16.5. The van der Waals surface area contributed by atoms with Gasteiger partial charge < -0.3 is 14.6 Å². The predicted molar refractivity (Wildman–Crippen MR) is 85.6 cm³/mol. The van der Waals surface area contributed by atoms with Crippen LogP contribution in [-0.2, 0) is 16.6 Å². The normalized spacial score (nSPS) is 12.4. The first-order chi connectivity index (χ1) is 10.4. The van der Waals surface area contributed by atoms with Crippen LogP contribution in [0.15, 0.2) is 30.3 Å². The van der Waals surface area contributed by atoms with Gasteiger partial charge in [0.15, 0.2) is 0 Å². The van der Waals surface area contributed by atoms with Crippen molar-refractivity contribution in [1.82, 2.24) is 9.88 Å². The van der Waals surface area contributed by atoms with Crippen molar-refractivity contribution in [3.63, 3.8) is 0 Å². The zero-order chi connectivity index (χ0) is 16.3. The number of hydrogen-bond donors (Lipinski definition) is 1. The van der Waals surface area contributed by atoms with E-state index >= 15 is 0 Å². The van der Waals surface area contributed by atoms with Crippen molar-refractivity contribution in [1.29, 1.82) is 0 Å². The van der Waals surface area contributed by atoms with E-state index in [1.807, 2.05) is 55.8 Å². The fraction of sp³-hybridized carbons (Fsp3) is 0.412. The molecule has 2 aromatic rings. The van der Waals surface area contributed by atoms with Gasteiger partial charge in [0.25, 0.3) is 5.91 Å². The molecule has 1 unspecified atom stereocenters. The molecule has 1 aromatic carbocycles. The Balaban J connectivity index is 2.25. The molecule has 1 amide bonds. The minimum absolute atomic E-state index is 0.269. The van der Waals surface area contributed by atoms with E-state index in [4.69, 9.17) is 4.74 Å². The summed E-state index contributed by atoms with van der Waals surface area (Å²) >= 11 is 0. The molecule has 0 fully saturated rings. The van der Waals surface area contributed by atoms with Gasteiger partial charge in [-0.25, -0.2) is 4.79 Å². The quantitative estimate of drug-likeness (QED) is 0.863. The Hall–Kier alpha value is -2.30. The van der Waals surface area contributed by atoms with Gasteiger partial charge in [-0.15, -0.1) is 0 Å². The molecule has 0 radical (unpaired) electrons. The number of nitrogens with one attached hydrogen (secondary N) is 1. The van der Waals surface area contributed by atoms with Crippen molar-refractivity contribution in [3.05, 3.63) is 36.0 Å². The Morgan fingerprint density at radius 2 is 1.95 bits per heavy atom. The summed E-state index contributed by atoms with van der Waals surface area (Å²) in [5.74, 6) is -0.410. The average Bonchev–Trinajstić information content (AvgIpc) is 2.83. The smallest absolute Gasteiger partial charge is 0.328 e. The number of ether oxygens (including phenoxy) is 1. The first-order valence-corrected chi connectivity index (χ1v) is 7.37. The number of esters is 1. The number of methoxy groups -OCH3 is 1. The van der Waals surface area contributed by atoms with Crippen molar-refractivity contribution in [2.45, 2.75) is 26.3 Å². The summed E-state index contributed by atoms with van der Waals surface area (Å²) in [6.07, 6.45) is 0.544. The number of rotatable bonds is 5. The number of para-hydroxylation sites is 1. The summed E-state index contributed by atoms with van der Waals surface area (Å²) < 4.78 is 6.61. The first kappa shape index (κ1) is 16.1. The summed E-state index contributed by atoms with van der Waals surface area (Å²) in [5.41, 5.74) is 1.50. The van der Waals surface area contributed by atoms with Crippen molar-refractivity contribution in [2.24, 2.45) is 13.0 Å². The number of aromatic nitrogens is 1. The highest BCUT2D eigenvalue weighted by molar-refractivity contribution is 6.00. The van der Waals surface area contributed by atoms with Crippen molar-refractivity contribution in [2.75, 3.05) is 7.11 Å². The first-order valence-electron chi connectivity index (χ1n) is 7.37. The topological polar surface area (TPSA) is 60.3 Å². The van der Waals surface area contributed by atoms with Crippen molar-refractivity contribution >= 4 is 22.8 Å². The molecular formula is C17H22N2O3. The van der Waals surface area contributed by atoms with Gasteiger partial charge in [0.1, 0.15) is 11.7 Å². The molecule has 0 aliphatic heterocycles. The standard InChI is InChI=1S/C17H22N2O3/c1-11(2)9-13(17(21)22-4)18-16(20)15-10-12-7-5-6-8-14(12)19(15)3/h5-8,10-11,13H,9H2,1-4H3,(H,18,20). The third kappa shape index (κ3) is 3.30. The van der Waals surface area contributed by atoms with Gasteiger partial charge in [0, 0.05) is 18.0 Å². The van der Waals surface area contributed by atoms with E-state index in [2.05, 4.69) is 5.32 Å². The molecule has 118 valence electrons. The van der Waals surface area contributed by atoms with Crippen LogP contribution in [0, 0.1) is 5.92 Å². The van der Waals surface area contributed by atoms with Crippen LogP contribution < -0.4 is 5.32 Å². The van der Waals surface area contributed by atoms with Gasteiger partial charge >= 0.3 is 5.97 Å². The Labute approximate surface area is 130 Å². The molecule has 1 atom stereocenters. The second-order valence-corrected chi connectivity index (χ2v) is 5.83. The number of nitrogens with zero attached hydrogens (tertiary/aromatic N) is 1. The van der Waals surface area contributed by atoms with Crippen molar-refractivity contribution < 1.29 is 14.3 Å². The Bertz CT molecular complexity index is 688. The minimum atomic E-state index is -0.629. The molecular weight excluding hydrogens is 280 g/mol. The van der Waals surface area contributed by atoms with E-state index in [-0.39, 0.29) is 11.8 Å². The van der Waals surface area contributed by atoms with E-state index in [1.165, 1.54) is 7.11 Å². The number of carbonyl (C=O) groups is 2. The largest absolute Gasteiger partial charge is 0.467 e. The molecule has 0 spiro atoms. The maximum Gasteiger partial charge on any atom is 0.328 e. The molecule has 0 aliphatic rings. The zero-order valence-corrected chi connectivity index (χ0v) is 13.4. The van der Waals surface area contributed by atoms with E-state index in [9.17, 15) is 9.59 Å². The lowest BCUT2D eigenvalue weighted by Crippen LogP contribution is -2.42. The molecule has 5 heteroatoms. The fourth-order valence-corrected chi connectivity index (χ4v) is 2.57. The van der Waals surface area contributed by atoms with Crippen LogP contribution in [0.25, 0.3) is 10.9 Å². The molecule has 5 nitrogen and oxygen atoms in total. The maximum absolute atomic E-state index is 12.5. The maximum atomic E-state index is 12.5. The third-order valence-corrected chi connectivity index (χ3v) is 3.68. The molecule has 0 saturated heterocycles. The van der Waals surface area contributed by atoms with E-state index in [1.54, 1.807) is 0 Å². The lowest BCUT2D eigenvalue weighted by Gasteiger charge is -2.18. The number of carbonyl (C=O) groups excluding carboxylic acids is 2. The fourth-order valence-electron chi connectivity index (χ4n) is 2.57. The van der Waals surface area contributed by atoms with Gasteiger partial charge in [0.2, 0.25) is 0 Å². The molecule has 22 heavy (non-hydrogen) atoms. The molecule has 1 heterocycles. The van der Waals surface area contributed by atoms with E-state index < -0.39 is 12.0 Å². The summed E-state index contributed by atoms with van der Waals surface area (Å²) in [5, 5.41) is 3.78. The Morgan fingerprint density at radius 3 is 2.55 bits per heavy atom. The van der Waals surface area contributed by atoms with Crippen LogP contribution in [0.5, 0.6) is 0 Å². The summed E-state index contributed by atoms with van der Waals surface area (Å²) in [6.45, 7) is 4.00. The van der Waals surface area contributed by atoms with Gasteiger partial charge in [0.05, 0.1) is 7.11 Å². The van der Waals surface area contributed by atoms with Gasteiger partial charge in [-0.3, -0.25) is 4.79 Å². The molecule has 0 saturated carbocycles. The number of benzene rings is 1. The Kier molecular flexibility index (Phi) is 4.85. The van der Waals surface area contributed by atoms with Crippen molar-refractivity contribution in [3.8, 4) is 0 Å².